The Morgan fingerprint density at radius 3 is 2.86 bits per heavy atom. The van der Waals surface area contributed by atoms with Crippen LogP contribution in [0.2, 0.25) is 0 Å². The van der Waals surface area contributed by atoms with Crippen LogP contribution in [0.15, 0.2) is 0 Å². The number of hydrogen-bond acceptors (Lipinski definition) is 6. The van der Waals surface area contributed by atoms with E-state index in [1.165, 1.54) is 0 Å². The second-order valence-electron chi connectivity index (χ2n) is 6.31. The van der Waals surface area contributed by atoms with Gasteiger partial charge in [-0.3, -0.25) is 9.83 Å². The number of hydrogen-bond donors (Lipinski definition) is 0. The van der Waals surface area contributed by atoms with Crippen LogP contribution in [0.1, 0.15) is 25.7 Å². The van der Waals surface area contributed by atoms with Gasteiger partial charge in [-0.2, -0.15) is 13.1 Å². The van der Waals surface area contributed by atoms with Gasteiger partial charge in [0.05, 0.1) is 6.61 Å². The van der Waals surface area contributed by atoms with Crippen LogP contribution >= 0.6 is 12.0 Å². The lowest BCUT2D eigenvalue weighted by Gasteiger charge is -2.53. The summed E-state index contributed by atoms with van der Waals surface area (Å²) in [7, 11) is 0. The molecule has 8 heteroatoms. The fourth-order valence-corrected chi connectivity index (χ4v) is 4.66. The number of carbonyl (C=O) groups excluding carboxylic acids is 1. The normalized spacial score (nSPS) is 38.2. The highest BCUT2D eigenvalue weighted by Crippen LogP contribution is 2.54. The van der Waals surface area contributed by atoms with E-state index in [2.05, 4.69) is 9.37 Å². The van der Waals surface area contributed by atoms with Crippen LogP contribution in [0.3, 0.4) is 0 Å². The van der Waals surface area contributed by atoms with Crippen molar-refractivity contribution in [1.82, 2.24) is 0 Å². The van der Waals surface area contributed by atoms with Crippen molar-refractivity contribution in [1.29, 1.82) is 0 Å². The van der Waals surface area contributed by atoms with Gasteiger partial charge in [-0.05, 0) is 43.4 Å². The second-order valence-corrected chi connectivity index (χ2v) is 7.21. The van der Waals surface area contributed by atoms with Gasteiger partial charge in [0, 0.05) is 11.8 Å². The van der Waals surface area contributed by atoms with E-state index in [9.17, 15) is 18.8 Å². The molecule has 0 aromatic rings. The number of halogens is 2. The molecular formula is C13H17F2O5S-. The molecule has 120 valence electrons. The smallest absolute Gasteiger partial charge is 0.343 e. The first-order valence-corrected chi connectivity index (χ1v) is 7.88. The third-order valence-electron chi connectivity index (χ3n) is 5.08. The summed E-state index contributed by atoms with van der Waals surface area (Å²) < 4.78 is 35.2. The topological polar surface area (TPSA) is 67.8 Å². The maximum absolute atomic E-state index is 13.2. The molecule has 0 spiro atoms. The van der Waals surface area contributed by atoms with Crippen molar-refractivity contribution in [2.75, 3.05) is 13.2 Å². The molecule has 4 fully saturated rings. The number of carbonyl (C=O) groups is 1. The molecule has 4 saturated carbocycles. The standard InChI is InChI=1S/C13H18F2O5S/c14-13(15,21-20-19-17)6-18-5-11-8-1-7-2-9(4-8)12(16)10(11)3-7/h7-11,17H,1-6H2/p-1. The monoisotopic (exact) mass is 323 g/mol. The molecule has 0 aromatic heterocycles. The highest BCUT2D eigenvalue weighted by molar-refractivity contribution is 7.95. The molecule has 5 nitrogen and oxygen atoms in total. The van der Waals surface area contributed by atoms with E-state index >= 15 is 0 Å². The zero-order chi connectivity index (χ0) is 15.0. The van der Waals surface area contributed by atoms with Gasteiger partial charge in [-0.1, -0.05) is 0 Å². The predicted octanol–water partition coefficient (Wildman–Crippen LogP) is 1.72. The molecule has 0 saturated heterocycles. The molecule has 5 unspecified atom stereocenters. The first kappa shape index (κ1) is 15.6. The average Bonchev–Trinajstić information content (AvgIpc) is 2.44. The molecule has 4 aliphatic rings. The summed E-state index contributed by atoms with van der Waals surface area (Å²) in [4.78, 5) is 12.2. The highest BCUT2D eigenvalue weighted by Gasteiger charge is 2.53. The second kappa shape index (κ2) is 6.08. The van der Waals surface area contributed by atoms with Gasteiger partial charge in [-0.25, -0.2) is 0 Å². The van der Waals surface area contributed by atoms with E-state index < -0.39 is 11.9 Å². The molecule has 5 atom stereocenters. The molecule has 4 rings (SSSR count). The lowest BCUT2D eigenvalue weighted by atomic mass is 9.51. The van der Waals surface area contributed by atoms with E-state index in [0.29, 0.717) is 17.6 Å². The Hall–Kier alpha value is -0.280. The maximum atomic E-state index is 13.2. The van der Waals surface area contributed by atoms with Crippen molar-refractivity contribution in [2.45, 2.75) is 30.9 Å². The van der Waals surface area contributed by atoms with Crippen LogP contribution in [0.25, 0.3) is 0 Å². The van der Waals surface area contributed by atoms with Gasteiger partial charge in [-0.15, -0.1) is 0 Å². The molecule has 4 bridgehead atoms. The first-order chi connectivity index (χ1) is 10.00. The van der Waals surface area contributed by atoms with Gasteiger partial charge in [0.2, 0.25) is 0 Å². The van der Waals surface area contributed by atoms with Crippen molar-refractivity contribution in [3.63, 3.8) is 0 Å². The fraction of sp³-hybridized carbons (Fsp3) is 0.923. The molecule has 0 radical (unpaired) electrons. The summed E-state index contributed by atoms with van der Waals surface area (Å²) in [5.74, 6) is 1.61. The van der Waals surface area contributed by atoms with Crippen molar-refractivity contribution in [2.24, 2.45) is 29.6 Å². The molecule has 0 heterocycles. The fourth-order valence-electron chi connectivity index (χ4n) is 4.41. The Morgan fingerprint density at radius 2 is 2.10 bits per heavy atom. The summed E-state index contributed by atoms with van der Waals surface area (Å²) in [6.45, 7) is -0.701. The predicted molar refractivity (Wildman–Crippen MR) is 66.5 cm³/mol. The van der Waals surface area contributed by atoms with E-state index in [-0.39, 0.29) is 36.4 Å². The molecule has 0 aromatic carbocycles. The molecule has 0 N–H and O–H groups in total. The highest BCUT2D eigenvalue weighted by atomic mass is 32.2. The SMILES string of the molecule is O=C1C2CC3CC(C2)C(COCC(F)(F)SOO[O-])C1C3. The summed E-state index contributed by atoms with van der Waals surface area (Å²) in [6.07, 6.45) is 3.88. The van der Waals surface area contributed by atoms with E-state index in [1.54, 1.807) is 0 Å². The number of alkyl halides is 2. The molecule has 4 aliphatic carbocycles. The summed E-state index contributed by atoms with van der Waals surface area (Å²) in [5.41, 5.74) is 0. The quantitative estimate of drug-likeness (QED) is 0.404. The summed E-state index contributed by atoms with van der Waals surface area (Å²) in [5, 5.41) is 9.10. The van der Waals surface area contributed by atoms with Gasteiger partial charge >= 0.3 is 5.25 Å². The van der Waals surface area contributed by atoms with Crippen LogP contribution in [-0.2, 0) is 18.9 Å². The molecule has 21 heavy (non-hydrogen) atoms. The van der Waals surface area contributed by atoms with Gasteiger partial charge in [0.15, 0.2) is 0 Å². The minimum absolute atomic E-state index is 0.0104. The third kappa shape index (κ3) is 3.24. The van der Waals surface area contributed by atoms with Crippen molar-refractivity contribution in [3.05, 3.63) is 0 Å². The summed E-state index contributed by atoms with van der Waals surface area (Å²) in [6, 6.07) is 0. The van der Waals surface area contributed by atoms with Crippen LogP contribution in [0.5, 0.6) is 0 Å². The number of ketones is 1. The van der Waals surface area contributed by atoms with E-state index in [4.69, 9.17) is 4.74 Å². The van der Waals surface area contributed by atoms with Gasteiger partial charge in [0.1, 0.15) is 24.4 Å². The van der Waals surface area contributed by atoms with Gasteiger partial charge < -0.3 is 9.99 Å². The lowest BCUT2D eigenvalue weighted by Crippen LogP contribution is -2.52. The Labute approximate surface area is 125 Å². The van der Waals surface area contributed by atoms with E-state index in [0.717, 1.165) is 25.7 Å². The molecular weight excluding hydrogens is 306 g/mol. The van der Waals surface area contributed by atoms with E-state index in [1.807, 2.05) is 0 Å². The zero-order valence-corrected chi connectivity index (χ0v) is 12.2. The van der Waals surface area contributed by atoms with Gasteiger partial charge in [0.25, 0.3) is 0 Å². The minimum Gasteiger partial charge on any atom is -0.691 e. The molecule has 0 amide bonds. The van der Waals surface area contributed by atoms with Crippen molar-refractivity contribution < 1.29 is 32.9 Å². The zero-order valence-electron chi connectivity index (χ0n) is 11.3. The number of rotatable bonds is 7. The molecule has 0 aliphatic heterocycles. The Morgan fingerprint density at radius 1 is 1.29 bits per heavy atom. The largest absolute Gasteiger partial charge is 0.691 e. The minimum atomic E-state index is -3.35. The van der Waals surface area contributed by atoms with Crippen molar-refractivity contribution in [3.8, 4) is 0 Å². The van der Waals surface area contributed by atoms with Crippen LogP contribution in [0, 0.1) is 29.6 Å². The van der Waals surface area contributed by atoms with Crippen LogP contribution in [-0.4, -0.2) is 24.3 Å². The lowest BCUT2D eigenvalue weighted by molar-refractivity contribution is -0.777. The first-order valence-electron chi connectivity index (χ1n) is 7.14. The Bertz CT molecular complexity index is 408. The van der Waals surface area contributed by atoms with Crippen LogP contribution < -0.4 is 5.26 Å². The number of ether oxygens (including phenoxy) is 1. The van der Waals surface area contributed by atoms with Crippen molar-refractivity contribution >= 4 is 17.8 Å². The average molecular weight is 323 g/mol. The summed E-state index contributed by atoms with van der Waals surface area (Å²) >= 11 is -0.365. The van der Waals surface area contributed by atoms with Crippen LogP contribution in [0.4, 0.5) is 8.78 Å². The Balaban J connectivity index is 1.51. The Kier molecular flexibility index (Phi) is 4.52. The number of Topliss-reactive ketones (excluding diaryl/α,β-unsaturated/α-hetero) is 1. The third-order valence-corrected chi connectivity index (χ3v) is 5.57. The maximum Gasteiger partial charge on any atom is 0.343 e.